The van der Waals surface area contributed by atoms with Gasteiger partial charge in [-0.1, -0.05) is 79.6 Å². The molecular weight excluding hydrogens is 565 g/mol. The molecule has 41 heavy (non-hydrogen) atoms. The standard InChI is InChI=1S/C31H39Cl2N3O5/c32-24-10-4-8-21(14-24)16-28(22-9-5-11-25(33)17-22)41-31(40)36-27(15-20-6-2-1-3-7-20)30(39)35-26(19-37)18-23-12-13-34-29(23)38/h4-5,8-11,14,17,20,23,26-28,37H,1-3,6-7,12-13,15-16,18-19H2,(H,34,38)(H,35,39)(H,36,40)/t23-,26-,27-,28?/m0/s1. The Morgan fingerprint density at radius 1 is 0.976 bits per heavy atom. The van der Waals surface area contributed by atoms with Crippen molar-refractivity contribution in [3.8, 4) is 0 Å². The zero-order valence-corrected chi connectivity index (χ0v) is 24.6. The minimum absolute atomic E-state index is 0.0649. The fourth-order valence-corrected chi connectivity index (χ4v) is 6.21. The number of amides is 3. The summed E-state index contributed by atoms with van der Waals surface area (Å²) >= 11 is 12.4. The van der Waals surface area contributed by atoms with Crippen LogP contribution < -0.4 is 16.0 Å². The van der Waals surface area contributed by atoms with Gasteiger partial charge in [0.15, 0.2) is 0 Å². The van der Waals surface area contributed by atoms with Crippen molar-refractivity contribution in [2.24, 2.45) is 11.8 Å². The van der Waals surface area contributed by atoms with Crippen molar-refractivity contribution in [2.75, 3.05) is 13.2 Å². The van der Waals surface area contributed by atoms with Crippen LogP contribution in [0, 0.1) is 11.8 Å². The Morgan fingerprint density at radius 3 is 2.37 bits per heavy atom. The quantitative estimate of drug-likeness (QED) is 0.261. The molecule has 1 saturated carbocycles. The molecule has 1 aliphatic carbocycles. The molecule has 10 heteroatoms. The molecule has 2 fully saturated rings. The van der Waals surface area contributed by atoms with Gasteiger partial charge in [-0.05, 0) is 60.6 Å². The predicted molar refractivity (Wildman–Crippen MR) is 159 cm³/mol. The Balaban J connectivity index is 1.47. The fourth-order valence-electron chi connectivity index (χ4n) is 5.80. The van der Waals surface area contributed by atoms with Gasteiger partial charge in [0.2, 0.25) is 11.8 Å². The second kappa shape index (κ2) is 15.4. The minimum atomic E-state index is -0.844. The molecule has 0 bridgehead atoms. The third-order valence-electron chi connectivity index (χ3n) is 7.98. The van der Waals surface area contributed by atoms with Crippen molar-refractivity contribution < 1.29 is 24.2 Å². The number of nitrogens with one attached hydrogen (secondary N) is 3. The number of carbonyl (C=O) groups is 3. The van der Waals surface area contributed by atoms with Crippen LogP contribution in [0.4, 0.5) is 4.79 Å². The summed E-state index contributed by atoms with van der Waals surface area (Å²) in [6, 6.07) is 13.0. The van der Waals surface area contributed by atoms with Gasteiger partial charge in [-0.15, -0.1) is 0 Å². The van der Waals surface area contributed by atoms with Gasteiger partial charge in [-0.25, -0.2) is 4.79 Å². The van der Waals surface area contributed by atoms with E-state index >= 15 is 0 Å². The number of benzene rings is 2. The van der Waals surface area contributed by atoms with E-state index < -0.39 is 24.3 Å². The van der Waals surface area contributed by atoms with E-state index in [1.165, 1.54) is 6.42 Å². The summed E-state index contributed by atoms with van der Waals surface area (Å²) in [6.07, 6.45) is 5.79. The maximum Gasteiger partial charge on any atom is 0.408 e. The maximum absolute atomic E-state index is 13.5. The first-order valence-electron chi connectivity index (χ1n) is 14.5. The Kier molecular flexibility index (Phi) is 11.7. The van der Waals surface area contributed by atoms with Crippen LogP contribution in [0.15, 0.2) is 48.5 Å². The highest BCUT2D eigenvalue weighted by atomic mass is 35.5. The van der Waals surface area contributed by atoms with Crippen molar-refractivity contribution in [1.29, 1.82) is 0 Å². The second-order valence-corrected chi connectivity index (χ2v) is 12.0. The third-order valence-corrected chi connectivity index (χ3v) is 8.45. The number of aliphatic hydroxyl groups excluding tert-OH is 1. The molecule has 2 aromatic rings. The summed E-state index contributed by atoms with van der Waals surface area (Å²) in [5.41, 5.74) is 1.60. The van der Waals surface area contributed by atoms with E-state index in [-0.39, 0.29) is 24.3 Å². The zero-order valence-electron chi connectivity index (χ0n) is 23.1. The molecule has 4 rings (SSSR count). The summed E-state index contributed by atoms with van der Waals surface area (Å²) in [5, 5.41) is 19.5. The normalized spacial score (nSPS) is 19.6. The van der Waals surface area contributed by atoms with Crippen LogP contribution in [0.3, 0.4) is 0 Å². The smallest absolute Gasteiger partial charge is 0.408 e. The molecule has 2 aliphatic rings. The Bertz CT molecular complexity index is 1190. The van der Waals surface area contributed by atoms with E-state index in [4.69, 9.17) is 27.9 Å². The van der Waals surface area contributed by atoms with Crippen molar-refractivity contribution in [2.45, 2.75) is 76.0 Å². The number of hydrogen-bond acceptors (Lipinski definition) is 5. The topological polar surface area (TPSA) is 117 Å². The van der Waals surface area contributed by atoms with E-state index in [2.05, 4.69) is 16.0 Å². The molecule has 8 nitrogen and oxygen atoms in total. The van der Waals surface area contributed by atoms with Crippen LogP contribution in [0.2, 0.25) is 10.0 Å². The van der Waals surface area contributed by atoms with Gasteiger partial charge in [-0.3, -0.25) is 9.59 Å². The molecule has 1 saturated heterocycles. The number of hydrogen-bond donors (Lipinski definition) is 4. The van der Waals surface area contributed by atoms with E-state index in [0.29, 0.717) is 48.2 Å². The number of halogens is 2. The first kappa shape index (κ1) is 31.1. The molecule has 1 heterocycles. The molecule has 1 aliphatic heterocycles. The zero-order chi connectivity index (χ0) is 29.2. The lowest BCUT2D eigenvalue weighted by molar-refractivity contribution is -0.126. The first-order chi connectivity index (χ1) is 19.8. The molecule has 3 amide bonds. The van der Waals surface area contributed by atoms with Gasteiger partial charge in [-0.2, -0.15) is 0 Å². The van der Waals surface area contributed by atoms with Gasteiger partial charge in [0.25, 0.3) is 0 Å². The van der Waals surface area contributed by atoms with Gasteiger partial charge in [0.1, 0.15) is 12.1 Å². The van der Waals surface area contributed by atoms with Crippen LogP contribution in [-0.2, 0) is 20.7 Å². The number of aliphatic hydroxyl groups is 1. The summed E-state index contributed by atoms with van der Waals surface area (Å²) in [7, 11) is 0. The molecule has 0 spiro atoms. The van der Waals surface area contributed by atoms with E-state index in [9.17, 15) is 19.5 Å². The molecule has 2 aromatic carbocycles. The average Bonchev–Trinajstić information content (AvgIpc) is 3.36. The number of alkyl carbamates (subject to hydrolysis) is 1. The van der Waals surface area contributed by atoms with Gasteiger partial charge in [0.05, 0.1) is 12.6 Å². The number of carbonyl (C=O) groups excluding carboxylic acids is 3. The number of rotatable bonds is 12. The molecule has 222 valence electrons. The molecule has 1 unspecified atom stereocenters. The summed E-state index contributed by atoms with van der Waals surface area (Å²) < 4.78 is 5.92. The summed E-state index contributed by atoms with van der Waals surface area (Å²) in [4.78, 5) is 38.9. The van der Waals surface area contributed by atoms with Gasteiger partial charge >= 0.3 is 6.09 Å². The minimum Gasteiger partial charge on any atom is -0.441 e. The SMILES string of the molecule is O=C(N[C@@H](CC1CCCCC1)C(=O)N[C@H](CO)C[C@@H]1CCNC1=O)OC(Cc1cccc(Cl)c1)c1cccc(Cl)c1. The Labute approximate surface area is 251 Å². The lowest BCUT2D eigenvalue weighted by Crippen LogP contribution is -2.52. The highest BCUT2D eigenvalue weighted by Gasteiger charge is 2.32. The van der Waals surface area contributed by atoms with Gasteiger partial charge in [0, 0.05) is 28.9 Å². The Hall–Kier alpha value is -2.81. The highest BCUT2D eigenvalue weighted by molar-refractivity contribution is 6.30. The van der Waals surface area contributed by atoms with Crippen LogP contribution in [0.5, 0.6) is 0 Å². The number of ether oxygens (including phenoxy) is 1. The summed E-state index contributed by atoms with van der Waals surface area (Å²) in [5.74, 6) is -0.417. The fraction of sp³-hybridized carbons (Fsp3) is 0.516. The van der Waals surface area contributed by atoms with Crippen LogP contribution >= 0.6 is 23.2 Å². The molecule has 4 atom stereocenters. The molecule has 0 aromatic heterocycles. The molecule has 4 N–H and O–H groups in total. The van der Waals surface area contributed by atoms with Crippen LogP contribution in [-0.4, -0.2) is 48.2 Å². The molecular formula is C31H39Cl2N3O5. The van der Waals surface area contributed by atoms with Crippen molar-refractivity contribution >= 4 is 41.1 Å². The van der Waals surface area contributed by atoms with Gasteiger partial charge < -0.3 is 25.8 Å². The lowest BCUT2D eigenvalue weighted by atomic mass is 9.84. The first-order valence-corrected chi connectivity index (χ1v) is 15.2. The van der Waals surface area contributed by atoms with Crippen molar-refractivity contribution in [3.63, 3.8) is 0 Å². The third kappa shape index (κ3) is 9.62. The van der Waals surface area contributed by atoms with Crippen LogP contribution in [0.1, 0.15) is 68.6 Å². The van der Waals surface area contributed by atoms with Crippen LogP contribution in [0.25, 0.3) is 0 Å². The predicted octanol–water partition coefficient (Wildman–Crippen LogP) is 5.35. The van der Waals surface area contributed by atoms with Crippen molar-refractivity contribution in [3.05, 3.63) is 69.7 Å². The monoisotopic (exact) mass is 603 g/mol. The lowest BCUT2D eigenvalue weighted by Gasteiger charge is -2.29. The average molecular weight is 605 g/mol. The van der Waals surface area contributed by atoms with E-state index in [0.717, 1.165) is 36.8 Å². The van der Waals surface area contributed by atoms with Crippen molar-refractivity contribution in [1.82, 2.24) is 16.0 Å². The largest absolute Gasteiger partial charge is 0.441 e. The maximum atomic E-state index is 13.5. The van der Waals surface area contributed by atoms with E-state index in [1.54, 1.807) is 24.3 Å². The Morgan fingerprint density at radius 2 is 1.71 bits per heavy atom. The molecule has 0 radical (unpaired) electrons. The summed E-state index contributed by atoms with van der Waals surface area (Å²) in [6.45, 7) is 0.295. The van der Waals surface area contributed by atoms with E-state index in [1.807, 2.05) is 24.3 Å². The second-order valence-electron chi connectivity index (χ2n) is 11.1. The highest BCUT2D eigenvalue weighted by Crippen LogP contribution is 2.29.